The quantitative estimate of drug-likeness (QED) is 0.550. The van der Waals surface area contributed by atoms with Crippen molar-refractivity contribution in [3.63, 3.8) is 0 Å². The van der Waals surface area contributed by atoms with Crippen LogP contribution in [-0.2, 0) is 4.79 Å². The summed E-state index contributed by atoms with van der Waals surface area (Å²) in [6.07, 6.45) is 9.91. The highest BCUT2D eigenvalue weighted by atomic mass is 16.2. The highest BCUT2D eigenvalue weighted by molar-refractivity contribution is 5.95. The summed E-state index contributed by atoms with van der Waals surface area (Å²) in [6.45, 7) is 5.27. The van der Waals surface area contributed by atoms with Crippen LogP contribution in [0.4, 0.5) is 16.2 Å². The lowest BCUT2D eigenvalue weighted by molar-refractivity contribution is -0.122. The predicted octanol–water partition coefficient (Wildman–Crippen LogP) is 2.42. The van der Waals surface area contributed by atoms with Gasteiger partial charge in [-0.05, 0) is 43.7 Å². The summed E-state index contributed by atoms with van der Waals surface area (Å²) in [7, 11) is 0. The molecule has 0 radical (unpaired) electrons. The van der Waals surface area contributed by atoms with E-state index < -0.39 is 0 Å². The monoisotopic (exact) mass is 340 g/mol. The number of amides is 3. The van der Waals surface area contributed by atoms with Crippen LogP contribution < -0.4 is 16.0 Å². The van der Waals surface area contributed by atoms with Gasteiger partial charge >= 0.3 is 6.03 Å². The number of carbonyl (C=O) groups excluding carboxylic acids is 2. The Bertz CT molecular complexity index is 648. The summed E-state index contributed by atoms with van der Waals surface area (Å²) >= 11 is 0. The van der Waals surface area contributed by atoms with Crippen molar-refractivity contribution in [2.24, 2.45) is 0 Å². The Kier molecular flexibility index (Phi) is 7.05. The molecular weight excluding hydrogens is 316 g/mol. The number of terminal acetylenes is 1. The number of hydrogen-bond donors (Lipinski definition) is 3. The standard InChI is InChI=1S/C19H24N4O2/c1-3-12-20-19(25)22-16-10-8-15(9-11-16)21-18(24)17-7-5-6-14-23(17)13-4-2/h2-3,8-11,17H,1,5-7,12-14H2,(H,21,24)(H2,20,22,25)/t17-/m1/s1. The van der Waals surface area contributed by atoms with Gasteiger partial charge in [0, 0.05) is 17.9 Å². The first-order valence-electron chi connectivity index (χ1n) is 8.38. The number of piperidine rings is 1. The molecule has 0 unspecified atom stereocenters. The number of anilines is 2. The molecule has 0 spiro atoms. The molecule has 2 rings (SSSR count). The molecule has 0 aromatic heterocycles. The molecule has 1 heterocycles. The summed E-state index contributed by atoms with van der Waals surface area (Å²) in [5, 5.41) is 8.26. The van der Waals surface area contributed by atoms with E-state index in [0.717, 1.165) is 25.8 Å². The second kappa shape index (κ2) is 9.50. The maximum absolute atomic E-state index is 12.5. The molecule has 132 valence electrons. The zero-order valence-corrected chi connectivity index (χ0v) is 14.3. The van der Waals surface area contributed by atoms with Crippen LogP contribution in [0.1, 0.15) is 19.3 Å². The van der Waals surface area contributed by atoms with E-state index in [1.54, 1.807) is 30.3 Å². The van der Waals surface area contributed by atoms with Crippen LogP contribution in [0.5, 0.6) is 0 Å². The van der Waals surface area contributed by atoms with Crippen LogP contribution in [0, 0.1) is 12.3 Å². The molecule has 1 aromatic rings. The average Bonchev–Trinajstić information content (AvgIpc) is 2.62. The van der Waals surface area contributed by atoms with Crippen molar-refractivity contribution < 1.29 is 9.59 Å². The van der Waals surface area contributed by atoms with Crippen molar-refractivity contribution >= 4 is 23.3 Å². The van der Waals surface area contributed by atoms with Gasteiger partial charge in [0.25, 0.3) is 0 Å². The van der Waals surface area contributed by atoms with E-state index in [1.165, 1.54) is 0 Å². The second-order valence-electron chi connectivity index (χ2n) is 5.88. The van der Waals surface area contributed by atoms with Crippen LogP contribution in [0.2, 0.25) is 0 Å². The van der Waals surface area contributed by atoms with E-state index in [9.17, 15) is 9.59 Å². The molecule has 25 heavy (non-hydrogen) atoms. The maximum atomic E-state index is 12.5. The van der Waals surface area contributed by atoms with Gasteiger partial charge in [-0.2, -0.15) is 0 Å². The van der Waals surface area contributed by atoms with Gasteiger partial charge in [0.05, 0.1) is 12.6 Å². The second-order valence-corrected chi connectivity index (χ2v) is 5.88. The summed E-state index contributed by atoms with van der Waals surface area (Å²) < 4.78 is 0. The third kappa shape index (κ3) is 5.66. The van der Waals surface area contributed by atoms with Crippen LogP contribution in [0.3, 0.4) is 0 Å². The van der Waals surface area contributed by atoms with Gasteiger partial charge in [-0.25, -0.2) is 4.79 Å². The first-order valence-corrected chi connectivity index (χ1v) is 8.38. The topological polar surface area (TPSA) is 73.5 Å². The van der Waals surface area contributed by atoms with Crippen molar-refractivity contribution in [3.8, 4) is 12.3 Å². The lowest BCUT2D eigenvalue weighted by atomic mass is 10.0. The average molecular weight is 340 g/mol. The number of nitrogens with zero attached hydrogens (tertiary/aromatic N) is 1. The fourth-order valence-corrected chi connectivity index (χ4v) is 2.80. The molecule has 3 N–H and O–H groups in total. The molecule has 0 bridgehead atoms. The van der Waals surface area contributed by atoms with Gasteiger partial charge in [0.15, 0.2) is 0 Å². The van der Waals surface area contributed by atoms with Gasteiger partial charge in [0.2, 0.25) is 5.91 Å². The normalized spacial score (nSPS) is 17.2. The third-order valence-corrected chi connectivity index (χ3v) is 4.03. The van der Waals surface area contributed by atoms with E-state index in [-0.39, 0.29) is 18.0 Å². The number of rotatable bonds is 6. The molecule has 6 heteroatoms. The predicted molar refractivity (Wildman–Crippen MR) is 100 cm³/mol. The molecule has 6 nitrogen and oxygen atoms in total. The zero-order valence-electron chi connectivity index (χ0n) is 14.3. The van der Waals surface area contributed by atoms with Crippen molar-refractivity contribution in [3.05, 3.63) is 36.9 Å². The van der Waals surface area contributed by atoms with Crippen molar-refractivity contribution in [2.45, 2.75) is 25.3 Å². The Morgan fingerprint density at radius 2 is 1.92 bits per heavy atom. The Hall–Kier alpha value is -2.78. The van der Waals surface area contributed by atoms with E-state index >= 15 is 0 Å². The lowest BCUT2D eigenvalue weighted by Crippen LogP contribution is -2.47. The van der Waals surface area contributed by atoms with Gasteiger partial charge in [-0.3, -0.25) is 9.69 Å². The minimum atomic E-state index is -0.302. The molecule has 0 saturated carbocycles. The van der Waals surface area contributed by atoms with E-state index in [0.29, 0.717) is 24.5 Å². The number of nitrogens with one attached hydrogen (secondary N) is 3. The van der Waals surface area contributed by atoms with Crippen molar-refractivity contribution in [1.82, 2.24) is 10.2 Å². The first kappa shape index (κ1) is 18.6. The molecule has 1 saturated heterocycles. The smallest absolute Gasteiger partial charge is 0.319 e. The van der Waals surface area contributed by atoms with Crippen LogP contribution in [0.25, 0.3) is 0 Å². The SMILES string of the molecule is C#CCN1CCCC[C@@H]1C(=O)Nc1ccc(NC(=O)NCC=C)cc1. The Morgan fingerprint density at radius 3 is 2.56 bits per heavy atom. The number of likely N-dealkylation sites (tertiary alicyclic amines) is 1. The van der Waals surface area contributed by atoms with Crippen LogP contribution in [0.15, 0.2) is 36.9 Å². The molecule has 1 aromatic carbocycles. The fourth-order valence-electron chi connectivity index (χ4n) is 2.80. The largest absolute Gasteiger partial charge is 0.334 e. The third-order valence-electron chi connectivity index (χ3n) is 4.03. The summed E-state index contributed by atoms with van der Waals surface area (Å²) in [5.74, 6) is 2.58. The number of hydrogen-bond acceptors (Lipinski definition) is 3. The molecule has 1 fully saturated rings. The van der Waals surface area contributed by atoms with Crippen LogP contribution in [-0.4, -0.2) is 42.5 Å². The Morgan fingerprint density at radius 1 is 1.24 bits per heavy atom. The number of urea groups is 1. The summed E-state index contributed by atoms with van der Waals surface area (Å²) in [6, 6.07) is 6.51. The van der Waals surface area contributed by atoms with Crippen LogP contribution >= 0.6 is 0 Å². The van der Waals surface area contributed by atoms with Crippen molar-refractivity contribution in [2.75, 3.05) is 30.3 Å². The number of benzene rings is 1. The molecule has 1 aliphatic heterocycles. The highest BCUT2D eigenvalue weighted by Gasteiger charge is 2.27. The van der Waals surface area contributed by atoms with E-state index in [4.69, 9.17) is 6.42 Å². The molecule has 0 aliphatic carbocycles. The van der Waals surface area contributed by atoms with E-state index in [2.05, 4.69) is 28.4 Å². The first-order chi connectivity index (χ1) is 12.1. The van der Waals surface area contributed by atoms with Gasteiger partial charge in [-0.1, -0.05) is 18.4 Å². The number of carbonyl (C=O) groups is 2. The summed E-state index contributed by atoms with van der Waals surface area (Å²) in [5.41, 5.74) is 1.33. The Balaban J connectivity index is 1.91. The molecule has 3 amide bonds. The molecule has 1 atom stereocenters. The van der Waals surface area contributed by atoms with Gasteiger partial charge < -0.3 is 16.0 Å². The zero-order chi connectivity index (χ0) is 18.1. The highest BCUT2D eigenvalue weighted by Crippen LogP contribution is 2.19. The maximum Gasteiger partial charge on any atom is 0.319 e. The minimum absolute atomic E-state index is 0.0422. The lowest BCUT2D eigenvalue weighted by Gasteiger charge is -2.33. The molecule has 1 aliphatic rings. The Labute approximate surface area is 148 Å². The molecular formula is C19H24N4O2. The van der Waals surface area contributed by atoms with Gasteiger partial charge in [-0.15, -0.1) is 13.0 Å². The fraction of sp³-hybridized carbons (Fsp3) is 0.368. The van der Waals surface area contributed by atoms with Gasteiger partial charge in [0.1, 0.15) is 0 Å². The minimum Gasteiger partial charge on any atom is -0.334 e. The van der Waals surface area contributed by atoms with E-state index in [1.807, 2.05) is 4.90 Å². The van der Waals surface area contributed by atoms with Crippen molar-refractivity contribution in [1.29, 1.82) is 0 Å². The summed E-state index contributed by atoms with van der Waals surface area (Å²) in [4.78, 5) is 26.1.